The first-order valence-electron chi connectivity index (χ1n) is 21.5. The fourth-order valence-corrected chi connectivity index (χ4v) is 10.6. The minimum atomic E-state index is 1.08. The van der Waals surface area contributed by atoms with E-state index >= 15 is 0 Å². The van der Waals surface area contributed by atoms with Crippen LogP contribution in [0.2, 0.25) is 0 Å². The number of thiophene rings is 1. The monoisotopic (exact) mass is 820 g/mol. The molecule has 296 valence electrons. The first-order valence-corrected chi connectivity index (χ1v) is 22.3. The molecule has 2 nitrogen and oxygen atoms in total. The molecule has 0 aliphatic heterocycles. The summed E-state index contributed by atoms with van der Waals surface area (Å²) in [7, 11) is 0. The summed E-state index contributed by atoms with van der Waals surface area (Å²) in [5, 5.41) is 9.85. The zero-order valence-corrected chi connectivity index (χ0v) is 35.2. The van der Waals surface area contributed by atoms with Crippen molar-refractivity contribution >= 4 is 98.0 Å². The molecule has 0 bridgehead atoms. The predicted octanol–water partition coefficient (Wildman–Crippen LogP) is 17.8. The van der Waals surface area contributed by atoms with Gasteiger partial charge < -0.3 is 9.80 Å². The molecule has 0 spiro atoms. The fourth-order valence-electron chi connectivity index (χ4n) is 9.44. The second kappa shape index (κ2) is 15.5. The lowest BCUT2D eigenvalue weighted by molar-refractivity contribution is 1.27. The van der Waals surface area contributed by atoms with E-state index in [1.165, 1.54) is 74.7 Å². The lowest BCUT2D eigenvalue weighted by Crippen LogP contribution is -2.14. The molecule has 0 saturated heterocycles. The van der Waals surface area contributed by atoms with Crippen molar-refractivity contribution < 1.29 is 0 Å². The molecular weight excluding hydrogens is 781 g/mol. The summed E-state index contributed by atoms with van der Waals surface area (Å²) in [6.07, 6.45) is 0. The van der Waals surface area contributed by atoms with E-state index in [9.17, 15) is 0 Å². The third kappa shape index (κ3) is 6.58. The number of para-hydroxylation sites is 1. The van der Waals surface area contributed by atoms with Gasteiger partial charge in [-0.15, -0.1) is 11.3 Å². The van der Waals surface area contributed by atoms with Gasteiger partial charge in [0, 0.05) is 48.6 Å². The van der Waals surface area contributed by atoms with Gasteiger partial charge in [-0.25, -0.2) is 0 Å². The van der Waals surface area contributed by atoms with Crippen molar-refractivity contribution in [2.45, 2.75) is 0 Å². The molecule has 0 N–H and O–H groups in total. The second-order valence-electron chi connectivity index (χ2n) is 16.1. The van der Waals surface area contributed by atoms with Crippen molar-refractivity contribution in [1.82, 2.24) is 0 Å². The minimum Gasteiger partial charge on any atom is -0.310 e. The van der Waals surface area contributed by atoms with E-state index in [1.54, 1.807) is 0 Å². The van der Waals surface area contributed by atoms with Crippen LogP contribution in [0, 0.1) is 0 Å². The van der Waals surface area contributed by atoms with Crippen molar-refractivity contribution in [2.24, 2.45) is 0 Å². The first-order chi connectivity index (χ1) is 31.2. The van der Waals surface area contributed by atoms with Crippen molar-refractivity contribution in [3.05, 3.63) is 243 Å². The van der Waals surface area contributed by atoms with Gasteiger partial charge in [0.1, 0.15) is 0 Å². The Morgan fingerprint density at radius 2 is 0.841 bits per heavy atom. The highest BCUT2D eigenvalue weighted by Crippen LogP contribution is 2.51. The smallest absolute Gasteiger partial charge is 0.0575 e. The van der Waals surface area contributed by atoms with Crippen LogP contribution in [0.1, 0.15) is 0 Å². The molecule has 0 fully saturated rings. The quantitative estimate of drug-likeness (QED) is 0.151. The molecule has 0 amide bonds. The molecule has 0 saturated carbocycles. The van der Waals surface area contributed by atoms with Crippen LogP contribution < -0.4 is 9.80 Å². The van der Waals surface area contributed by atoms with Gasteiger partial charge >= 0.3 is 0 Å². The third-order valence-corrected chi connectivity index (χ3v) is 13.4. The largest absolute Gasteiger partial charge is 0.310 e. The minimum absolute atomic E-state index is 1.08. The van der Waals surface area contributed by atoms with Crippen molar-refractivity contribution in [2.75, 3.05) is 9.80 Å². The number of benzene rings is 11. The zero-order chi connectivity index (χ0) is 41.7. The molecule has 0 aliphatic carbocycles. The van der Waals surface area contributed by atoms with Crippen LogP contribution in [0.25, 0.3) is 74.7 Å². The SMILES string of the molecule is c1ccc(-c2cccc(N(c3ccc4ccccc4c3)c3cc(N(c4ccccc4)c4cc(-c5ccccc5)c5ccccc5c4)c4c(c3)sc3ccc5ccccc5c34)c2)cc1. The van der Waals surface area contributed by atoms with E-state index in [0.29, 0.717) is 0 Å². The lowest BCUT2D eigenvalue weighted by Gasteiger charge is -2.31. The number of fused-ring (bicyclic) bond motifs is 7. The molecule has 11 aromatic carbocycles. The standard InChI is InChI=1S/C60H40N2S/c1-4-17-41(18-5-1)46-25-16-28-49(35-46)61(50-33-31-42-19-10-11-23-45(42)36-50)52-39-56(60-58(40-52)63-57-34-32-44-22-12-15-30-54(44)59(57)60)62(48-26-8-3-9-27-48)51-37-47-24-13-14-29-53(47)55(38-51)43-20-6-2-7-21-43/h1-40H. The maximum atomic E-state index is 2.50. The Balaban J connectivity index is 1.19. The topological polar surface area (TPSA) is 6.48 Å². The maximum Gasteiger partial charge on any atom is 0.0575 e. The van der Waals surface area contributed by atoms with Crippen LogP contribution in [-0.4, -0.2) is 0 Å². The number of hydrogen-bond acceptors (Lipinski definition) is 3. The normalized spacial score (nSPS) is 11.5. The molecule has 1 aromatic heterocycles. The zero-order valence-electron chi connectivity index (χ0n) is 34.4. The van der Waals surface area contributed by atoms with Crippen LogP contribution in [0.3, 0.4) is 0 Å². The van der Waals surface area contributed by atoms with Gasteiger partial charge in [-0.3, -0.25) is 0 Å². The molecule has 0 unspecified atom stereocenters. The number of nitrogens with zero attached hydrogens (tertiary/aromatic N) is 2. The van der Waals surface area contributed by atoms with Crippen LogP contribution in [-0.2, 0) is 0 Å². The Kier molecular flexibility index (Phi) is 9.06. The molecule has 63 heavy (non-hydrogen) atoms. The van der Waals surface area contributed by atoms with Crippen LogP contribution in [0.5, 0.6) is 0 Å². The number of anilines is 6. The molecule has 3 heteroatoms. The second-order valence-corrected chi connectivity index (χ2v) is 17.2. The van der Waals surface area contributed by atoms with E-state index in [-0.39, 0.29) is 0 Å². The average Bonchev–Trinajstić information content (AvgIpc) is 3.74. The Bertz CT molecular complexity index is 3630. The van der Waals surface area contributed by atoms with E-state index in [2.05, 4.69) is 252 Å². The van der Waals surface area contributed by atoms with Gasteiger partial charge in [0.15, 0.2) is 0 Å². The summed E-state index contributed by atoms with van der Waals surface area (Å²) in [4.78, 5) is 4.95. The summed E-state index contributed by atoms with van der Waals surface area (Å²) >= 11 is 1.87. The maximum absolute atomic E-state index is 2.50. The Morgan fingerprint density at radius 1 is 0.270 bits per heavy atom. The van der Waals surface area contributed by atoms with Gasteiger partial charge in [-0.05, 0) is 121 Å². The highest BCUT2D eigenvalue weighted by molar-refractivity contribution is 7.26. The average molecular weight is 821 g/mol. The van der Waals surface area contributed by atoms with Crippen molar-refractivity contribution in [3.8, 4) is 22.3 Å². The number of hydrogen-bond donors (Lipinski definition) is 0. The Morgan fingerprint density at radius 3 is 1.63 bits per heavy atom. The van der Waals surface area contributed by atoms with Crippen molar-refractivity contribution in [3.63, 3.8) is 0 Å². The molecular formula is C60H40N2S. The fraction of sp³-hybridized carbons (Fsp3) is 0. The van der Waals surface area contributed by atoms with Gasteiger partial charge in [0.2, 0.25) is 0 Å². The van der Waals surface area contributed by atoms with Crippen molar-refractivity contribution in [1.29, 1.82) is 0 Å². The molecule has 0 radical (unpaired) electrons. The van der Waals surface area contributed by atoms with Gasteiger partial charge in [-0.1, -0.05) is 176 Å². The van der Waals surface area contributed by atoms with Crippen LogP contribution >= 0.6 is 11.3 Å². The van der Waals surface area contributed by atoms with Gasteiger partial charge in [0.25, 0.3) is 0 Å². The highest BCUT2D eigenvalue weighted by Gasteiger charge is 2.25. The van der Waals surface area contributed by atoms with E-state index in [1.807, 2.05) is 11.3 Å². The summed E-state index contributed by atoms with van der Waals surface area (Å²) in [6, 6.07) is 88.7. The van der Waals surface area contributed by atoms with Crippen LogP contribution in [0.4, 0.5) is 34.1 Å². The van der Waals surface area contributed by atoms with E-state index < -0.39 is 0 Å². The Labute approximate surface area is 370 Å². The van der Waals surface area contributed by atoms with Gasteiger partial charge in [0.05, 0.1) is 5.69 Å². The summed E-state index contributed by atoms with van der Waals surface area (Å²) in [6.45, 7) is 0. The van der Waals surface area contributed by atoms with E-state index in [4.69, 9.17) is 0 Å². The summed E-state index contributed by atoms with van der Waals surface area (Å²) in [5.74, 6) is 0. The predicted molar refractivity (Wildman–Crippen MR) is 272 cm³/mol. The first kappa shape index (κ1) is 36.8. The summed E-state index contributed by atoms with van der Waals surface area (Å²) < 4.78 is 2.49. The molecule has 12 aromatic rings. The molecule has 0 aliphatic rings. The lowest BCUT2D eigenvalue weighted by atomic mass is 9.96. The molecule has 0 atom stereocenters. The molecule has 1 heterocycles. The number of rotatable bonds is 8. The van der Waals surface area contributed by atoms with Gasteiger partial charge in [-0.2, -0.15) is 0 Å². The van der Waals surface area contributed by atoms with Crippen LogP contribution in [0.15, 0.2) is 243 Å². The Hall–Kier alpha value is -7.98. The summed E-state index contributed by atoms with van der Waals surface area (Å²) in [5.41, 5.74) is 11.3. The third-order valence-electron chi connectivity index (χ3n) is 12.3. The van der Waals surface area contributed by atoms with E-state index in [0.717, 1.165) is 34.1 Å². The molecule has 12 rings (SSSR count). The highest BCUT2D eigenvalue weighted by atomic mass is 32.1.